The second-order valence-electron chi connectivity index (χ2n) is 13.7. The molecule has 12 heteroatoms. The number of rotatable bonds is 7. The molecule has 2 fully saturated rings. The van der Waals surface area contributed by atoms with Gasteiger partial charge < -0.3 is 19.3 Å². The Bertz CT molecular complexity index is 1670. The monoisotopic (exact) mass is 845 g/mol. The molecule has 3 heterocycles. The van der Waals surface area contributed by atoms with Gasteiger partial charge in [-0.05, 0) is 65.4 Å². The van der Waals surface area contributed by atoms with Crippen molar-refractivity contribution >= 4 is 62.0 Å². The van der Waals surface area contributed by atoms with Gasteiger partial charge in [0, 0.05) is 48.2 Å². The van der Waals surface area contributed by atoms with E-state index in [0.717, 1.165) is 31.2 Å². The minimum Gasteiger partial charge on any atom is -0.493 e. The normalized spacial score (nSPS) is 19.6. The number of aliphatic imine (C=N–C) groups is 1. The van der Waals surface area contributed by atoms with Crippen LogP contribution in [-0.4, -0.2) is 103 Å². The predicted molar refractivity (Wildman–Crippen MR) is 213 cm³/mol. The van der Waals surface area contributed by atoms with E-state index in [1.54, 1.807) is 0 Å². The molecule has 0 spiro atoms. The number of morpholine rings is 1. The second-order valence-corrected chi connectivity index (χ2v) is 15.6. The number of urea groups is 1. The van der Waals surface area contributed by atoms with Crippen LogP contribution in [0, 0.1) is 0 Å². The molecule has 9 nitrogen and oxygen atoms in total. The molecule has 3 aromatic rings. The average molecular weight is 848 g/mol. The number of amidine groups is 1. The lowest BCUT2D eigenvalue weighted by Crippen LogP contribution is -2.56. The molecule has 3 aliphatic rings. The fourth-order valence-electron chi connectivity index (χ4n) is 6.66. The summed E-state index contributed by atoms with van der Waals surface area (Å²) in [5.74, 6) is 1.43. The van der Waals surface area contributed by atoms with Crippen LogP contribution in [0.1, 0.15) is 69.5 Å². The zero-order valence-electron chi connectivity index (χ0n) is 29.1. The van der Waals surface area contributed by atoms with Gasteiger partial charge in [0.25, 0.3) is 0 Å². The number of halogens is 3. The van der Waals surface area contributed by atoms with Gasteiger partial charge in [0.2, 0.25) is 5.91 Å². The van der Waals surface area contributed by atoms with Crippen molar-refractivity contribution in [1.29, 1.82) is 0 Å². The molecule has 2 saturated heterocycles. The molecule has 0 aromatic heterocycles. The molecule has 6 rings (SSSR count). The Kier molecular flexibility index (Phi) is 14.2. The number of piperazine rings is 1. The van der Waals surface area contributed by atoms with Crippen LogP contribution < -0.4 is 4.74 Å². The average Bonchev–Trinajstić information content (AvgIpc) is 3.49. The van der Waals surface area contributed by atoms with Gasteiger partial charge in [-0.1, -0.05) is 90.4 Å². The number of ether oxygens (including phenoxy) is 2. The molecule has 2 atom stereocenters. The molecule has 0 N–H and O–H groups in total. The highest BCUT2D eigenvalue weighted by Crippen LogP contribution is 2.46. The smallest absolute Gasteiger partial charge is 0.326 e. The van der Waals surface area contributed by atoms with Crippen molar-refractivity contribution in [2.45, 2.75) is 52.6 Å². The van der Waals surface area contributed by atoms with Crippen LogP contribution in [0.5, 0.6) is 5.75 Å². The largest absolute Gasteiger partial charge is 0.493 e. The van der Waals surface area contributed by atoms with Crippen molar-refractivity contribution in [2.24, 2.45) is 4.99 Å². The fraction of sp³-hybridized carbons (Fsp3) is 0.462. The molecule has 51 heavy (non-hydrogen) atoms. The van der Waals surface area contributed by atoms with Crippen molar-refractivity contribution in [1.82, 2.24) is 19.6 Å². The Morgan fingerprint density at radius 3 is 2.00 bits per heavy atom. The molecule has 3 amide bonds. The highest BCUT2D eigenvalue weighted by molar-refractivity contribution is 9.10. The Morgan fingerprint density at radius 2 is 1.43 bits per heavy atom. The van der Waals surface area contributed by atoms with Gasteiger partial charge in [-0.25, -0.2) is 4.79 Å². The quantitative estimate of drug-likeness (QED) is 0.240. The molecule has 0 unspecified atom stereocenters. The SMILES string of the molecule is C.CCOc1cc(C(C)(C)C)ccc1C1=N[C@@H](c2ccc(Br)cc2)[C@@H](c2ccc(Br)cc2)N1C(=O)N1CCN(CC(=O)N2CCOCC2)CC1.Cl. The van der Waals surface area contributed by atoms with Crippen molar-refractivity contribution in [2.75, 3.05) is 65.6 Å². The van der Waals surface area contributed by atoms with Crippen molar-refractivity contribution < 1.29 is 19.1 Å². The Hall–Kier alpha value is -2.96. The lowest BCUT2D eigenvalue weighted by atomic mass is 9.86. The Morgan fingerprint density at radius 1 is 0.843 bits per heavy atom. The van der Waals surface area contributed by atoms with Gasteiger partial charge in [0.15, 0.2) is 0 Å². The maximum atomic E-state index is 14.9. The minimum absolute atomic E-state index is 0. The lowest BCUT2D eigenvalue weighted by molar-refractivity contribution is -0.136. The first kappa shape index (κ1) is 40.8. The molecule has 3 aromatic carbocycles. The molecular formula is C39H50Br2ClN5O4. The lowest BCUT2D eigenvalue weighted by Gasteiger charge is -2.39. The second kappa shape index (κ2) is 17.7. The van der Waals surface area contributed by atoms with Gasteiger partial charge in [-0.15, -0.1) is 12.4 Å². The van der Waals surface area contributed by atoms with E-state index in [9.17, 15) is 9.59 Å². The van der Waals surface area contributed by atoms with Crippen LogP contribution in [0.15, 0.2) is 80.7 Å². The van der Waals surface area contributed by atoms with Crippen molar-refractivity contribution in [3.63, 3.8) is 0 Å². The minimum atomic E-state index is -0.394. The van der Waals surface area contributed by atoms with E-state index in [-0.39, 0.29) is 43.2 Å². The highest BCUT2D eigenvalue weighted by atomic mass is 79.9. The summed E-state index contributed by atoms with van der Waals surface area (Å²) in [5.41, 5.74) is 3.86. The summed E-state index contributed by atoms with van der Waals surface area (Å²) in [4.78, 5) is 41.1. The number of nitrogens with zero attached hydrogens (tertiary/aromatic N) is 5. The number of carbonyl (C=O) groups excluding carboxylic acids is 2. The molecule has 0 aliphatic carbocycles. The van der Waals surface area contributed by atoms with Gasteiger partial charge in [0.05, 0.1) is 38.0 Å². The maximum Gasteiger partial charge on any atom is 0.326 e. The first-order chi connectivity index (χ1) is 23.5. The predicted octanol–water partition coefficient (Wildman–Crippen LogP) is 8.11. The van der Waals surface area contributed by atoms with Gasteiger partial charge in [-0.3, -0.25) is 19.6 Å². The van der Waals surface area contributed by atoms with Crippen molar-refractivity contribution in [3.05, 3.63) is 97.9 Å². The molecule has 276 valence electrons. The van der Waals surface area contributed by atoms with E-state index >= 15 is 0 Å². The van der Waals surface area contributed by atoms with E-state index in [2.05, 4.69) is 100.0 Å². The van der Waals surface area contributed by atoms with Gasteiger partial charge in [0.1, 0.15) is 17.6 Å². The summed E-state index contributed by atoms with van der Waals surface area (Å²) < 4.78 is 13.6. The number of benzene rings is 3. The summed E-state index contributed by atoms with van der Waals surface area (Å²) in [7, 11) is 0. The zero-order chi connectivity index (χ0) is 34.7. The Balaban J connectivity index is 0.00000292. The number of amides is 3. The molecular weight excluding hydrogens is 798 g/mol. The summed E-state index contributed by atoms with van der Waals surface area (Å²) in [6, 6.07) is 21.8. The summed E-state index contributed by atoms with van der Waals surface area (Å²) in [6.45, 7) is 14.0. The Labute approximate surface area is 326 Å². The number of hydrogen-bond acceptors (Lipinski definition) is 6. The van der Waals surface area contributed by atoms with Crippen LogP contribution in [0.2, 0.25) is 0 Å². The number of carbonyl (C=O) groups is 2. The third kappa shape index (κ3) is 9.35. The first-order valence-corrected chi connectivity index (χ1v) is 18.6. The molecule has 0 bridgehead atoms. The third-order valence-electron chi connectivity index (χ3n) is 9.45. The first-order valence-electron chi connectivity index (χ1n) is 17.1. The van der Waals surface area contributed by atoms with E-state index in [1.807, 2.05) is 45.9 Å². The van der Waals surface area contributed by atoms with Gasteiger partial charge in [-0.2, -0.15) is 0 Å². The van der Waals surface area contributed by atoms with Gasteiger partial charge >= 0.3 is 6.03 Å². The summed E-state index contributed by atoms with van der Waals surface area (Å²) in [6.07, 6.45) is 0. The van der Waals surface area contributed by atoms with Crippen LogP contribution in [0.4, 0.5) is 4.79 Å². The highest BCUT2D eigenvalue weighted by Gasteiger charge is 2.45. The van der Waals surface area contributed by atoms with Crippen LogP contribution in [0.25, 0.3) is 0 Å². The summed E-state index contributed by atoms with van der Waals surface area (Å²) in [5, 5.41) is 0. The fourth-order valence-corrected chi connectivity index (χ4v) is 7.19. The van der Waals surface area contributed by atoms with Crippen LogP contribution >= 0.6 is 44.3 Å². The third-order valence-corrected chi connectivity index (χ3v) is 10.5. The maximum absolute atomic E-state index is 14.9. The molecule has 3 aliphatic heterocycles. The topological polar surface area (TPSA) is 77.9 Å². The van der Waals surface area contributed by atoms with Crippen LogP contribution in [-0.2, 0) is 14.9 Å². The molecule has 0 radical (unpaired) electrons. The zero-order valence-corrected chi connectivity index (χ0v) is 33.1. The van der Waals surface area contributed by atoms with Crippen molar-refractivity contribution in [3.8, 4) is 5.75 Å². The molecule has 0 saturated carbocycles. The standard InChI is InChI=1S/C38H45Br2N5O4.CH4.ClH/c1-5-49-32-24-28(38(2,3)4)10-15-31(32)36-41-34(26-6-11-29(39)12-7-26)35(27-8-13-30(40)14-9-27)45(36)37(47)44-18-16-42(17-19-44)25-33(46)43-20-22-48-23-21-43;;/h6-15,24,34-35H,5,16-23,25H2,1-4H3;1H4;1H/t34-,35+;;/m0../s1. The van der Waals surface area contributed by atoms with E-state index in [0.29, 0.717) is 77.2 Å². The van der Waals surface area contributed by atoms with E-state index < -0.39 is 6.04 Å². The number of hydrogen-bond donors (Lipinski definition) is 0. The summed E-state index contributed by atoms with van der Waals surface area (Å²) >= 11 is 7.18. The van der Waals surface area contributed by atoms with Crippen LogP contribution in [0.3, 0.4) is 0 Å². The van der Waals surface area contributed by atoms with E-state index in [4.69, 9.17) is 14.5 Å². The van der Waals surface area contributed by atoms with E-state index in [1.165, 1.54) is 0 Å².